The molecular weight excluding hydrogens is 654 g/mol. The summed E-state index contributed by atoms with van der Waals surface area (Å²) in [5.41, 5.74) is 8.06. The zero-order valence-electron chi connectivity index (χ0n) is 30.4. The van der Waals surface area contributed by atoms with Crippen molar-refractivity contribution < 1.29 is 47.8 Å². The second-order valence-electron chi connectivity index (χ2n) is 17.6. The third kappa shape index (κ3) is 6.53. The molecule has 10 saturated heterocycles. The first kappa shape index (κ1) is 35.5. The van der Waals surface area contributed by atoms with Crippen LogP contribution in [-0.4, -0.2) is 115 Å². The van der Waals surface area contributed by atoms with Crippen molar-refractivity contribution in [1.29, 1.82) is 0 Å². The van der Waals surface area contributed by atoms with Crippen molar-refractivity contribution in [3.63, 3.8) is 0 Å². The second-order valence-corrected chi connectivity index (χ2v) is 17.6. The van der Waals surface area contributed by atoms with E-state index >= 15 is 0 Å². The summed E-state index contributed by atoms with van der Waals surface area (Å²) in [6.45, 7) is 13.5. The van der Waals surface area contributed by atoms with E-state index in [2.05, 4.69) is 27.0 Å². The number of Topliss-reactive ketones (excluding diaryl/α,β-unsaturated/α-hetero) is 1. The minimum absolute atomic E-state index is 0.00127. The zero-order valence-corrected chi connectivity index (χ0v) is 30.4. The molecule has 11 heteroatoms. The van der Waals surface area contributed by atoms with E-state index in [1.165, 1.54) is 0 Å². The van der Waals surface area contributed by atoms with Gasteiger partial charge in [0, 0.05) is 45.1 Å². The van der Waals surface area contributed by atoms with Gasteiger partial charge in [0.05, 0.1) is 61.0 Å². The topological polar surface area (TPSA) is 137 Å². The average Bonchev–Trinajstić information content (AvgIpc) is 3.77. The first-order valence-electron chi connectivity index (χ1n) is 20.1. The molecular formula is C40H59NO10. The van der Waals surface area contributed by atoms with Crippen molar-refractivity contribution >= 4 is 5.78 Å². The molecule has 11 nitrogen and oxygen atoms in total. The minimum atomic E-state index is -0.765. The maximum absolute atomic E-state index is 14.0. The Labute approximate surface area is 302 Å². The van der Waals surface area contributed by atoms with Gasteiger partial charge < -0.3 is 48.7 Å². The highest BCUT2D eigenvalue weighted by molar-refractivity contribution is 5.79. The molecule has 0 aromatic carbocycles. The van der Waals surface area contributed by atoms with E-state index in [1.807, 2.05) is 0 Å². The van der Waals surface area contributed by atoms with Crippen LogP contribution in [-0.2, 0) is 42.7 Å². The zero-order chi connectivity index (χ0) is 35.2. The van der Waals surface area contributed by atoms with Crippen LogP contribution in [0, 0.1) is 17.8 Å². The Morgan fingerprint density at radius 2 is 1.51 bits per heavy atom. The van der Waals surface area contributed by atoms with Gasteiger partial charge in [-0.15, -0.1) is 0 Å². The van der Waals surface area contributed by atoms with E-state index in [4.69, 9.17) is 43.6 Å². The molecule has 10 rings (SSSR count). The number of carbonyl (C=O) groups is 1. The van der Waals surface area contributed by atoms with Gasteiger partial charge in [-0.1, -0.05) is 27.0 Å². The Morgan fingerprint density at radius 3 is 2.35 bits per heavy atom. The first-order valence-corrected chi connectivity index (χ1v) is 20.1. The molecule has 0 aromatic heterocycles. The molecule has 10 fully saturated rings. The molecule has 19 atom stereocenters. The summed E-state index contributed by atoms with van der Waals surface area (Å²) >= 11 is 0. The van der Waals surface area contributed by atoms with Crippen LogP contribution in [0.3, 0.4) is 0 Å². The van der Waals surface area contributed by atoms with Gasteiger partial charge in [-0.3, -0.25) is 4.79 Å². The van der Waals surface area contributed by atoms with Gasteiger partial charge in [-0.05, 0) is 73.8 Å². The normalized spacial score (nSPS) is 53.2. The smallest absolute Gasteiger partial charge is 0.172 e. The molecule has 2 unspecified atom stereocenters. The van der Waals surface area contributed by atoms with Crippen LogP contribution in [0.1, 0.15) is 97.3 Å². The van der Waals surface area contributed by atoms with Crippen LogP contribution < -0.4 is 5.73 Å². The molecule has 3 N–H and O–H groups in total. The number of hydrogen-bond donors (Lipinski definition) is 2. The molecule has 0 aliphatic carbocycles. The standard InChI is InChI=1S/C40H59NO10/c1-19-11-25-5-7-29-20(2)12-27(44-29)9-10-40-17-34-36(50-40)37-38(49-34)39(51-40)35-30(48-37)8-6-26(46-35)13-23(42)14-28-22(4)31(15-24(43)18-41)47-33(28)16-32(45-25)21(19)3/h19,22,24-39,43H,2-3,5-18,41H2,1,4H3/t19-,22-,24+,25+,26-,27+,28-,29+,30?,31-,32-,33+,34-,35+,36+,37+,38-,39+,40?/m1/s1. The van der Waals surface area contributed by atoms with E-state index in [0.717, 1.165) is 56.1 Å². The van der Waals surface area contributed by atoms with Crippen molar-refractivity contribution in [2.24, 2.45) is 23.5 Å². The highest BCUT2D eigenvalue weighted by Gasteiger charge is 2.68. The highest BCUT2D eigenvalue weighted by Crippen LogP contribution is 2.54. The number of aliphatic hydroxyl groups excluding tert-OH is 1. The summed E-state index contributed by atoms with van der Waals surface area (Å²) in [6.07, 6.45) is 6.43. The molecule has 10 aliphatic rings. The lowest BCUT2D eigenvalue weighted by atomic mass is 9.78. The molecule has 284 valence electrons. The van der Waals surface area contributed by atoms with Gasteiger partial charge in [-0.2, -0.15) is 0 Å². The van der Waals surface area contributed by atoms with Crippen molar-refractivity contribution in [2.75, 3.05) is 6.54 Å². The van der Waals surface area contributed by atoms with Crippen molar-refractivity contribution in [3.05, 3.63) is 24.3 Å². The monoisotopic (exact) mass is 713 g/mol. The first-order chi connectivity index (χ1) is 24.6. The van der Waals surface area contributed by atoms with Crippen LogP contribution in [0.25, 0.3) is 0 Å². The average molecular weight is 714 g/mol. The number of nitrogens with two attached hydrogens (primary N) is 1. The number of ether oxygens (including phenoxy) is 8. The van der Waals surface area contributed by atoms with Gasteiger partial charge in [-0.25, -0.2) is 0 Å². The van der Waals surface area contributed by atoms with Crippen LogP contribution in [0.4, 0.5) is 0 Å². The third-order valence-electron chi connectivity index (χ3n) is 14.2. The summed E-state index contributed by atoms with van der Waals surface area (Å²) < 4.78 is 54.0. The fraction of sp³-hybridized carbons (Fsp3) is 0.875. The second kappa shape index (κ2) is 13.8. The maximum Gasteiger partial charge on any atom is 0.172 e. The van der Waals surface area contributed by atoms with E-state index in [-0.39, 0.29) is 110 Å². The summed E-state index contributed by atoms with van der Waals surface area (Å²) in [7, 11) is 0. The molecule has 0 amide bonds. The molecule has 12 bridgehead atoms. The van der Waals surface area contributed by atoms with Gasteiger partial charge >= 0.3 is 0 Å². The molecule has 10 aliphatic heterocycles. The lowest BCUT2D eigenvalue weighted by Crippen LogP contribution is -2.61. The number of rotatable bonds is 3. The summed E-state index contributed by atoms with van der Waals surface area (Å²) in [6, 6.07) is 0. The fourth-order valence-electron chi connectivity index (χ4n) is 11.3. The fourth-order valence-corrected chi connectivity index (χ4v) is 11.3. The lowest BCUT2D eigenvalue weighted by molar-refractivity contribution is -0.292. The van der Waals surface area contributed by atoms with Crippen molar-refractivity contribution in [1.82, 2.24) is 0 Å². The van der Waals surface area contributed by atoms with Gasteiger partial charge in [0.25, 0.3) is 0 Å². The molecule has 51 heavy (non-hydrogen) atoms. The SMILES string of the molecule is C=C1C[C@@H]2CCC34C[C@H]5O[C@@H]6[C@@H](OC7CC[C@H](CC(=O)C[C@@H]8[C@@H](C)[C@@H](C[C@H](O)CN)O[C@H]8C[C@H]8O[C@@H](CC[C@@H]1O2)C[C@@H](C)C8=C)O[C@@H]7[C@@H]6O3)[C@H]5O4. The van der Waals surface area contributed by atoms with Crippen LogP contribution in [0.2, 0.25) is 0 Å². The van der Waals surface area contributed by atoms with E-state index in [9.17, 15) is 9.90 Å². The number of ketones is 1. The summed E-state index contributed by atoms with van der Waals surface area (Å²) in [5.74, 6) is -0.222. The molecule has 10 heterocycles. The summed E-state index contributed by atoms with van der Waals surface area (Å²) in [5, 5.41) is 10.5. The largest absolute Gasteiger partial charge is 0.392 e. The third-order valence-corrected chi connectivity index (χ3v) is 14.2. The van der Waals surface area contributed by atoms with Crippen LogP contribution >= 0.6 is 0 Å². The molecule has 1 spiro atoms. The van der Waals surface area contributed by atoms with E-state index < -0.39 is 11.9 Å². The number of fused-ring (bicyclic) bond motifs is 6. The van der Waals surface area contributed by atoms with Gasteiger partial charge in [0.1, 0.15) is 36.3 Å². The number of hydrogen-bond acceptors (Lipinski definition) is 11. The van der Waals surface area contributed by atoms with Crippen molar-refractivity contribution in [2.45, 2.75) is 195 Å². The van der Waals surface area contributed by atoms with Gasteiger partial charge in [0.2, 0.25) is 0 Å². The highest BCUT2D eigenvalue weighted by atomic mass is 16.8. The molecule has 0 aromatic rings. The number of carbonyl (C=O) groups excluding carboxylic acids is 1. The molecule has 0 radical (unpaired) electrons. The Morgan fingerprint density at radius 1 is 0.765 bits per heavy atom. The quantitative estimate of drug-likeness (QED) is 0.410. The Balaban J connectivity index is 0.986. The maximum atomic E-state index is 14.0. The van der Waals surface area contributed by atoms with Crippen molar-refractivity contribution in [3.8, 4) is 0 Å². The lowest BCUT2D eigenvalue weighted by Gasteiger charge is -2.47. The Hall–Kier alpha value is -1.25. The van der Waals surface area contributed by atoms with Gasteiger partial charge in [0.15, 0.2) is 5.79 Å². The summed E-state index contributed by atoms with van der Waals surface area (Å²) in [4.78, 5) is 14.0. The Kier molecular flexibility index (Phi) is 9.59. The van der Waals surface area contributed by atoms with Crippen LogP contribution in [0.15, 0.2) is 24.3 Å². The van der Waals surface area contributed by atoms with E-state index in [1.54, 1.807) is 0 Å². The predicted molar refractivity (Wildman–Crippen MR) is 185 cm³/mol. The van der Waals surface area contributed by atoms with E-state index in [0.29, 0.717) is 44.4 Å². The predicted octanol–water partition coefficient (Wildman–Crippen LogP) is 4.06. The number of aliphatic hydroxyl groups is 1. The molecule has 0 saturated carbocycles. The Bertz CT molecular complexity index is 1360. The minimum Gasteiger partial charge on any atom is -0.392 e. The van der Waals surface area contributed by atoms with Crippen LogP contribution in [0.5, 0.6) is 0 Å².